The van der Waals surface area contributed by atoms with Gasteiger partial charge in [0.15, 0.2) is 5.78 Å². The SMILES string of the molecule is O=C(Cc1cc2c(Cl)c(-c3ccc(NC(=O)[C@@H]4CCCN4C(=O)Cc4ccccc4)cc3)[nH]c2cn1)[C@@H]1CCCN1C(=O)Cc1ccccc1. The van der Waals surface area contributed by atoms with Crippen molar-refractivity contribution in [2.45, 2.75) is 57.0 Å². The fourth-order valence-electron chi connectivity index (χ4n) is 7.12. The van der Waals surface area contributed by atoms with E-state index in [1.165, 1.54) is 0 Å². The first kappa shape index (κ1) is 33.2. The quantitative estimate of drug-likeness (QED) is 0.176. The van der Waals surface area contributed by atoms with Crippen molar-refractivity contribution in [2.75, 3.05) is 18.4 Å². The molecule has 0 spiro atoms. The number of anilines is 1. The predicted octanol–water partition coefficient (Wildman–Crippen LogP) is 6.40. The summed E-state index contributed by atoms with van der Waals surface area (Å²) >= 11 is 6.88. The first-order valence-electron chi connectivity index (χ1n) is 17.1. The summed E-state index contributed by atoms with van der Waals surface area (Å²) in [5.74, 6) is -0.306. The van der Waals surface area contributed by atoms with Crippen molar-refractivity contribution in [1.29, 1.82) is 0 Å². The number of pyridine rings is 1. The van der Waals surface area contributed by atoms with Crippen molar-refractivity contribution in [2.24, 2.45) is 0 Å². The van der Waals surface area contributed by atoms with E-state index in [0.29, 0.717) is 48.0 Å². The number of hydrogen-bond acceptors (Lipinski definition) is 5. The van der Waals surface area contributed by atoms with Gasteiger partial charge in [-0.15, -0.1) is 0 Å². The zero-order valence-corrected chi connectivity index (χ0v) is 28.4. The van der Waals surface area contributed by atoms with Crippen LogP contribution in [0.15, 0.2) is 97.2 Å². The minimum atomic E-state index is -0.505. The minimum Gasteiger partial charge on any atom is -0.352 e. The molecular formula is C40H38ClN5O4. The van der Waals surface area contributed by atoms with Crippen LogP contribution >= 0.6 is 11.6 Å². The van der Waals surface area contributed by atoms with E-state index in [-0.39, 0.29) is 42.8 Å². The van der Waals surface area contributed by atoms with Crippen LogP contribution in [0.3, 0.4) is 0 Å². The van der Waals surface area contributed by atoms with Crippen molar-refractivity contribution in [3.05, 3.63) is 119 Å². The first-order chi connectivity index (χ1) is 24.3. The van der Waals surface area contributed by atoms with Gasteiger partial charge < -0.3 is 20.1 Å². The molecule has 254 valence electrons. The van der Waals surface area contributed by atoms with Gasteiger partial charge >= 0.3 is 0 Å². The number of Topliss-reactive ketones (excluding diaryl/α,β-unsaturated/α-hetero) is 1. The number of amides is 3. The van der Waals surface area contributed by atoms with Crippen LogP contribution in [0.2, 0.25) is 5.02 Å². The number of fused-ring (bicyclic) bond motifs is 1. The van der Waals surface area contributed by atoms with E-state index < -0.39 is 12.1 Å². The van der Waals surface area contributed by atoms with E-state index in [1.54, 1.807) is 16.0 Å². The molecule has 3 aromatic carbocycles. The summed E-state index contributed by atoms with van der Waals surface area (Å²) < 4.78 is 0. The number of halogens is 1. The second kappa shape index (κ2) is 14.7. The third-order valence-corrected chi connectivity index (χ3v) is 10.1. The Labute approximate surface area is 295 Å². The molecule has 0 aliphatic carbocycles. The van der Waals surface area contributed by atoms with Crippen LogP contribution in [0.1, 0.15) is 42.5 Å². The highest BCUT2D eigenvalue weighted by atomic mass is 35.5. The number of nitrogens with zero attached hydrogens (tertiary/aromatic N) is 3. The van der Waals surface area contributed by atoms with Crippen LogP contribution in [0, 0.1) is 0 Å². The highest BCUT2D eigenvalue weighted by Crippen LogP contribution is 2.35. The maximum Gasteiger partial charge on any atom is 0.247 e. The lowest BCUT2D eigenvalue weighted by Crippen LogP contribution is -2.43. The van der Waals surface area contributed by atoms with E-state index in [2.05, 4.69) is 15.3 Å². The third-order valence-electron chi connectivity index (χ3n) is 9.69. The largest absolute Gasteiger partial charge is 0.352 e. The lowest BCUT2D eigenvalue weighted by Gasteiger charge is -2.24. The summed E-state index contributed by atoms with van der Waals surface area (Å²) in [7, 11) is 0. The van der Waals surface area contributed by atoms with Gasteiger partial charge in [-0.25, -0.2) is 0 Å². The summed E-state index contributed by atoms with van der Waals surface area (Å²) in [5.41, 5.74) is 5.34. The Kier molecular flexibility index (Phi) is 9.76. The summed E-state index contributed by atoms with van der Waals surface area (Å²) in [4.78, 5) is 64.0. The van der Waals surface area contributed by atoms with Gasteiger partial charge in [-0.3, -0.25) is 24.2 Å². The number of benzene rings is 3. The standard InChI is InChI=1S/C40H38ClN5O4/c41-38-31-23-30(24-35(47)33-13-7-19-45(33)36(48)21-26-9-3-1-4-10-26)42-25-32(31)44-39(38)28-15-17-29(18-16-28)43-40(50)34-14-8-20-46(34)37(49)22-27-11-5-2-6-12-27/h1-6,9-12,15-18,23,25,33-34,44H,7-8,13-14,19-22,24H2,(H,43,50)/t33-,34-/m0/s1. The number of likely N-dealkylation sites (tertiary alicyclic amines) is 2. The molecule has 9 nitrogen and oxygen atoms in total. The number of aromatic amines is 1. The molecule has 0 saturated carbocycles. The van der Waals surface area contributed by atoms with Crippen LogP contribution in [-0.2, 0) is 38.4 Å². The van der Waals surface area contributed by atoms with E-state index in [0.717, 1.165) is 40.4 Å². The van der Waals surface area contributed by atoms with Crippen LogP contribution in [0.25, 0.3) is 22.2 Å². The molecule has 2 fully saturated rings. The molecule has 10 heteroatoms. The Hall–Kier alpha value is -5.28. The molecule has 2 N–H and O–H groups in total. The Morgan fingerprint density at radius 1 is 0.760 bits per heavy atom. The molecule has 0 radical (unpaired) electrons. The highest BCUT2D eigenvalue weighted by molar-refractivity contribution is 6.38. The molecule has 2 aliphatic heterocycles. The maximum absolute atomic E-state index is 13.4. The molecule has 7 rings (SSSR count). The lowest BCUT2D eigenvalue weighted by molar-refractivity contribution is -0.136. The molecular weight excluding hydrogens is 650 g/mol. The van der Waals surface area contributed by atoms with Gasteiger partial charge in [0.2, 0.25) is 17.7 Å². The summed E-state index contributed by atoms with van der Waals surface area (Å²) in [5, 5.41) is 4.24. The third kappa shape index (κ3) is 7.19. The number of hydrogen-bond donors (Lipinski definition) is 2. The number of aromatic nitrogens is 2. The van der Waals surface area contributed by atoms with Gasteiger partial charge in [-0.05, 0) is 60.6 Å². The van der Waals surface area contributed by atoms with Gasteiger partial charge in [0.1, 0.15) is 6.04 Å². The fourth-order valence-corrected chi connectivity index (χ4v) is 7.44. The number of nitrogens with one attached hydrogen (secondary N) is 2. The topological polar surface area (TPSA) is 115 Å². The van der Waals surface area contributed by atoms with Gasteiger partial charge in [-0.2, -0.15) is 0 Å². The Balaban J connectivity index is 0.991. The predicted molar refractivity (Wildman–Crippen MR) is 194 cm³/mol. The molecule has 0 unspecified atom stereocenters. The van der Waals surface area contributed by atoms with Gasteiger partial charge in [-0.1, -0.05) is 84.4 Å². The average molecular weight is 688 g/mol. The molecule has 0 bridgehead atoms. The Morgan fingerprint density at radius 3 is 1.96 bits per heavy atom. The minimum absolute atomic E-state index is 0.0263. The molecule has 50 heavy (non-hydrogen) atoms. The fraction of sp³-hybridized carbons (Fsp3) is 0.275. The number of carbonyl (C=O) groups is 4. The van der Waals surface area contributed by atoms with E-state index in [1.807, 2.05) is 91.0 Å². The number of H-pyrrole nitrogens is 1. The van der Waals surface area contributed by atoms with E-state index in [9.17, 15) is 19.2 Å². The van der Waals surface area contributed by atoms with Crippen LogP contribution < -0.4 is 5.32 Å². The first-order valence-corrected chi connectivity index (χ1v) is 17.5. The van der Waals surface area contributed by atoms with Gasteiger partial charge in [0, 0.05) is 29.9 Å². The Bertz CT molecular complexity index is 2030. The molecule has 2 saturated heterocycles. The molecule has 5 aromatic rings. The second-order valence-electron chi connectivity index (χ2n) is 13.1. The van der Waals surface area contributed by atoms with Crippen molar-refractivity contribution >= 4 is 51.7 Å². The number of ketones is 1. The average Bonchev–Trinajstić information content (AvgIpc) is 3.89. The molecule has 4 heterocycles. The molecule has 3 amide bonds. The molecule has 2 aromatic heterocycles. The van der Waals surface area contributed by atoms with Gasteiger partial charge in [0.05, 0.1) is 47.7 Å². The van der Waals surface area contributed by atoms with Crippen LogP contribution in [0.5, 0.6) is 0 Å². The zero-order chi connectivity index (χ0) is 34.6. The van der Waals surface area contributed by atoms with E-state index in [4.69, 9.17) is 11.6 Å². The smallest absolute Gasteiger partial charge is 0.247 e. The van der Waals surface area contributed by atoms with Crippen molar-refractivity contribution in [3.8, 4) is 11.3 Å². The number of carbonyl (C=O) groups excluding carboxylic acids is 4. The lowest BCUT2D eigenvalue weighted by atomic mass is 10.0. The summed E-state index contributed by atoms with van der Waals surface area (Å²) in [6.07, 6.45) is 5.20. The highest BCUT2D eigenvalue weighted by Gasteiger charge is 2.35. The molecule has 2 aliphatic rings. The van der Waals surface area contributed by atoms with Crippen molar-refractivity contribution in [3.63, 3.8) is 0 Å². The summed E-state index contributed by atoms with van der Waals surface area (Å²) in [6.45, 7) is 1.15. The monoisotopic (exact) mass is 687 g/mol. The summed E-state index contributed by atoms with van der Waals surface area (Å²) in [6, 6.07) is 27.4. The van der Waals surface area contributed by atoms with Crippen LogP contribution in [0.4, 0.5) is 5.69 Å². The van der Waals surface area contributed by atoms with E-state index >= 15 is 0 Å². The zero-order valence-electron chi connectivity index (χ0n) is 27.6. The molecule has 2 atom stereocenters. The van der Waals surface area contributed by atoms with Crippen molar-refractivity contribution < 1.29 is 19.2 Å². The van der Waals surface area contributed by atoms with Gasteiger partial charge in [0.25, 0.3) is 0 Å². The van der Waals surface area contributed by atoms with Crippen molar-refractivity contribution in [1.82, 2.24) is 19.8 Å². The Morgan fingerprint density at radius 2 is 1.34 bits per heavy atom. The second-order valence-corrected chi connectivity index (χ2v) is 13.4. The van der Waals surface area contributed by atoms with Crippen LogP contribution in [-0.4, -0.2) is 68.4 Å². The normalized spacial score (nSPS) is 17.3. The number of rotatable bonds is 10. The maximum atomic E-state index is 13.4.